The van der Waals surface area contributed by atoms with Crippen molar-refractivity contribution < 1.29 is 15.3 Å². The summed E-state index contributed by atoms with van der Waals surface area (Å²) >= 11 is 0. The molecule has 6 unspecified atom stereocenters. The Bertz CT molecular complexity index is 738. The monoisotopic (exact) mass is 448 g/mol. The Morgan fingerprint density at radius 3 is 2.31 bits per heavy atom. The topological polar surface area (TPSA) is 82.4 Å². The standard InChI is InChI=1S/C25H44N4O3/c1-17-15-22(16-18(2)28-20(4)27(7)26-23(28)24(5,6)30)29(19(17)3)25(31,32)14-13-21-11-9-8-10-12-21/h8-12,17-20,22-23,26,30-32H,13-16H2,1-7H3. The molecule has 0 aromatic heterocycles. The van der Waals surface area contributed by atoms with Gasteiger partial charge in [-0.3, -0.25) is 4.90 Å². The number of rotatable bonds is 8. The van der Waals surface area contributed by atoms with Crippen LogP contribution in [-0.4, -0.2) is 79.1 Å². The highest BCUT2D eigenvalue weighted by Gasteiger charge is 2.49. The predicted molar refractivity (Wildman–Crippen MR) is 127 cm³/mol. The van der Waals surface area contributed by atoms with Gasteiger partial charge in [-0.05, 0) is 65.4 Å². The molecule has 2 aliphatic heterocycles. The SMILES string of the molecule is CC1CC(CC(C)N2C(C)N(C)NC2C(C)(C)O)N(C(O)(O)CCc2ccccc2)C1C. The molecule has 7 heteroatoms. The molecule has 3 rings (SSSR count). The lowest BCUT2D eigenvalue weighted by Gasteiger charge is -2.43. The molecule has 0 bridgehead atoms. The Morgan fingerprint density at radius 1 is 1.09 bits per heavy atom. The molecule has 32 heavy (non-hydrogen) atoms. The van der Waals surface area contributed by atoms with Crippen LogP contribution in [-0.2, 0) is 6.42 Å². The Labute approximate surface area is 194 Å². The molecule has 6 atom stereocenters. The molecule has 182 valence electrons. The summed E-state index contributed by atoms with van der Waals surface area (Å²) in [7, 11) is 2.00. The van der Waals surface area contributed by atoms with Crippen molar-refractivity contribution in [2.75, 3.05) is 7.05 Å². The summed E-state index contributed by atoms with van der Waals surface area (Å²) in [5.41, 5.74) is 3.60. The second kappa shape index (κ2) is 9.66. The summed E-state index contributed by atoms with van der Waals surface area (Å²) in [6, 6.07) is 10.3. The zero-order valence-electron chi connectivity index (χ0n) is 20.9. The maximum atomic E-state index is 11.2. The van der Waals surface area contributed by atoms with Crippen LogP contribution in [0.1, 0.15) is 66.4 Å². The lowest BCUT2D eigenvalue weighted by molar-refractivity contribution is -0.283. The molecule has 0 spiro atoms. The summed E-state index contributed by atoms with van der Waals surface area (Å²) < 4.78 is 0. The van der Waals surface area contributed by atoms with E-state index in [-0.39, 0.29) is 36.9 Å². The first kappa shape index (κ1) is 25.6. The van der Waals surface area contributed by atoms with Gasteiger partial charge in [0.25, 0.3) is 0 Å². The number of aryl methyl sites for hydroxylation is 1. The van der Waals surface area contributed by atoms with Crippen molar-refractivity contribution in [2.24, 2.45) is 5.92 Å². The second-order valence-corrected chi connectivity index (χ2v) is 10.7. The van der Waals surface area contributed by atoms with Crippen molar-refractivity contribution in [2.45, 2.75) is 109 Å². The average molecular weight is 449 g/mol. The molecular weight excluding hydrogens is 404 g/mol. The van der Waals surface area contributed by atoms with Gasteiger partial charge in [0.15, 0.2) is 0 Å². The normalized spacial score (nSPS) is 32.0. The summed E-state index contributed by atoms with van der Waals surface area (Å²) in [4.78, 5) is 4.25. The smallest absolute Gasteiger partial charge is 0.225 e. The highest BCUT2D eigenvalue weighted by atomic mass is 16.5. The fourth-order valence-corrected chi connectivity index (χ4v) is 5.70. The number of aliphatic hydroxyl groups is 3. The predicted octanol–water partition coefficient (Wildman–Crippen LogP) is 2.33. The molecule has 2 fully saturated rings. The van der Waals surface area contributed by atoms with Crippen LogP contribution in [0.5, 0.6) is 0 Å². The van der Waals surface area contributed by atoms with Crippen molar-refractivity contribution in [3.8, 4) is 0 Å². The number of benzene rings is 1. The molecule has 1 aromatic rings. The van der Waals surface area contributed by atoms with Crippen molar-refractivity contribution in [1.82, 2.24) is 20.2 Å². The van der Waals surface area contributed by atoms with Gasteiger partial charge in [0.1, 0.15) is 6.17 Å². The lowest BCUT2D eigenvalue weighted by atomic mass is 9.97. The zero-order valence-corrected chi connectivity index (χ0v) is 20.9. The van der Waals surface area contributed by atoms with E-state index >= 15 is 0 Å². The Hall–Kier alpha value is -1.06. The van der Waals surface area contributed by atoms with Crippen molar-refractivity contribution in [3.05, 3.63) is 35.9 Å². The molecule has 1 aromatic carbocycles. The number of nitrogens with zero attached hydrogens (tertiary/aromatic N) is 3. The van der Waals surface area contributed by atoms with E-state index in [1.54, 1.807) is 0 Å². The Balaban J connectivity index is 1.75. The third kappa shape index (κ3) is 5.36. The van der Waals surface area contributed by atoms with Gasteiger partial charge in [0, 0.05) is 31.6 Å². The molecule has 7 nitrogen and oxygen atoms in total. The van der Waals surface area contributed by atoms with Gasteiger partial charge in [-0.25, -0.2) is 15.3 Å². The first-order valence-electron chi connectivity index (χ1n) is 12.1. The first-order chi connectivity index (χ1) is 14.8. The fraction of sp³-hybridized carbons (Fsp3) is 0.760. The van der Waals surface area contributed by atoms with Gasteiger partial charge in [-0.2, -0.15) is 0 Å². The van der Waals surface area contributed by atoms with Crippen LogP contribution in [0.2, 0.25) is 0 Å². The summed E-state index contributed by atoms with van der Waals surface area (Å²) in [6.07, 6.45) is 2.54. The minimum absolute atomic E-state index is 0.0568. The van der Waals surface area contributed by atoms with E-state index in [1.807, 2.05) is 61.1 Å². The lowest BCUT2D eigenvalue weighted by Crippen LogP contribution is -2.58. The summed E-state index contributed by atoms with van der Waals surface area (Å²) in [5.74, 6) is -1.48. The van der Waals surface area contributed by atoms with Gasteiger partial charge in [-0.1, -0.05) is 37.3 Å². The van der Waals surface area contributed by atoms with E-state index < -0.39 is 11.5 Å². The van der Waals surface area contributed by atoms with E-state index in [2.05, 4.69) is 38.0 Å². The molecule has 0 amide bonds. The average Bonchev–Trinajstić information content (AvgIpc) is 3.17. The third-order valence-corrected chi connectivity index (χ3v) is 7.71. The van der Waals surface area contributed by atoms with Crippen molar-refractivity contribution >= 4 is 0 Å². The molecule has 4 N–H and O–H groups in total. The van der Waals surface area contributed by atoms with Crippen LogP contribution < -0.4 is 5.43 Å². The second-order valence-electron chi connectivity index (χ2n) is 10.7. The molecule has 0 radical (unpaired) electrons. The first-order valence-corrected chi connectivity index (χ1v) is 12.1. The highest BCUT2D eigenvalue weighted by Crippen LogP contribution is 2.39. The Morgan fingerprint density at radius 2 is 1.72 bits per heavy atom. The van der Waals surface area contributed by atoms with E-state index in [1.165, 1.54) is 0 Å². The maximum Gasteiger partial charge on any atom is 0.225 e. The number of nitrogens with one attached hydrogen (secondary N) is 1. The summed E-state index contributed by atoms with van der Waals surface area (Å²) in [6.45, 7) is 12.3. The summed E-state index contributed by atoms with van der Waals surface area (Å²) in [5, 5.41) is 35.2. The number of likely N-dealkylation sites (tertiary alicyclic amines) is 1. The van der Waals surface area contributed by atoms with Crippen LogP contribution in [0, 0.1) is 5.92 Å². The maximum absolute atomic E-state index is 11.2. The van der Waals surface area contributed by atoms with E-state index in [0.29, 0.717) is 12.3 Å². The van der Waals surface area contributed by atoms with Crippen LogP contribution in [0.25, 0.3) is 0 Å². The van der Waals surface area contributed by atoms with Gasteiger partial charge >= 0.3 is 0 Å². The minimum Gasteiger partial charge on any atom is -0.387 e. The highest BCUT2D eigenvalue weighted by molar-refractivity contribution is 5.15. The number of hydrogen-bond acceptors (Lipinski definition) is 7. The van der Waals surface area contributed by atoms with E-state index in [9.17, 15) is 15.3 Å². The van der Waals surface area contributed by atoms with Crippen LogP contribution in [0.15, 0.2) is 30.3 Å². The number of hydrogen-bond donors (Lipinski definition) is 4. The van der Waals surface area contributed by atoms with Crippen molar-refractivity contribution in [3.63, 3.8) is 0 Å². The van der Waals surface area contributed by atoms with Crippen LogP contribution in [0.4, 0.5) is 0 Å². The minimum atomic E-state index is -1.86. The number of hydrazine groups is 1. The third-order valence-electron chi connectivity index (χ3n) is 7.71. The van der Waals surface area contributed by atoms with Gasteiger partial charge in [0.2, 0.25) is 5.91 Å². The molecule has 0 saturated carbocycles. The van der Waals surface area contributed by atoms with E-state index in [0.717, 1.165) is 18.4 Å². The zero-order chi connectivity index (χ0) is 23.8. The van der Waals surface area contributed by atoms with Gasteiger partial charge in [-0.15, -0.1) is 0 Å². The largest absolute Gasteiger partial charge is 0.387 e. The molecule has 2 aliphatic rings. The van der Waals surface area contributed by atoms with Gasteiger partial charge in [0.05, 0.1) is 11.8 Å². The van der Waals surface area contributed by atoms with Crippen molar-refractivity contribution in [1.29, 1.82) is 0 Å². The molecule has 2 heterocycles. The quantitative estimate of drug-likeness (QED) is 0.455. The molecule has 0 aliphatic carbocycles. The fourth-order valence-electron chi connectivity index (χ4n) is 5.70. The van der Waals surface area contributed by atoms with Crippen LogP contribution >= 0.6 is 0 Å². The van der Waals surface area contributed by atoms with Crippen LogP contribution in [0.3, 0.4) is 0 Å². The van der Waals surface area contributed by atoms with E-state index in [4.69, 9.17) is 0 Å². The molecular formula is C25H44N4O3. The Kier molecular flexibility index (Phi) is 7.72. The molecule has 2 saturated heterocycles. The van der Waals surface area contributed by atoms with Gasteiger partial charge < -0.3 is 15.3 Å².